The van der Waals surface area contributed by atoms with E-state index in [1.807, 2.05) is 44.2 Å². The van der Waals surface area contributed by atoms with Crippen LogP contribution in [0.3, 0.4) is 0 Å². The van der Waals surface area contributed by atoms with Gasteiger partial charge in [-0.1, -0.05) is 50.6 Å². The fourth-order valence-corrected chi connectivity index (χ4v) is 3.24. The molecule has 0 spiro atoms. The predicted molar refractivity (Wildman–Crippen MR) is 111 cm³/mol. The zero-order valence-corrected chi connectivity index (χ0v) is 16.7. The summed E-state index contributed by atoms with van der Waals surface area (Å²) in [5.74, 6) is 0.0297. The second kappa shape index (κ2) is 9.91. The Kier molecular flexibility index (Phi) is 7.59. The van der Waals surface area contributed by atoms with E-state index in [0.29, 0.717) is 24.3 Å². The number of amides is 2. The average Bonchev–Trinajstić information content (AvgIpc) is 2.70. The summed E-state index contributed by atoms with van der Waals surface area (Å²) in [5.41, 5.74) is 2.37. The molecule has 0 bridgehead atoms. The third-order valence-electron chi connectivity index (χ3n) is 5.10. The van der Waals surface area contributed by atoms with Crippen LogP contribution < -0.4 is 5.32 Å². The lowest BCUT2D eigenvalue weighted by atomic mass is 9.85. The van der Waals surface area contributed by atoms with Crippen LogP contribution in [0.25, 0.3) is 0 Å². The summed E-state index contributed by atoms with van der Waals surface area (Å²) in [6.07, 6.45) is 0.921. The third kappa shape index (κ3) is 5.19. The van der Waals surface area contributed by atoms with Gasteiger partial charge in [-0.05, 0) is 49.6 Å². The SMILES string of the molecule is CC[C@H](C)[C@H](C(=O)Nc1ccc(C(=O)N(CC)CC)cc1)c1ccccc1. The Hall–Kier alpha value is -2.62. The quantitative estimate of drug-likeness (QED) is 0.719. The van der Waals surface area contributed by atoms with Gasteiger partial charge in [0.05, 0.1) is 5.92 Å². The molecule has 1 N–H and O–H groups in total. The molecule has 0 fully saturated rings. The van der Waals surface area contributed by atoms with Gasteiger partial charge in [0.1, 0.15) is 0 Å². The van der Waals surface area contributed by atoms with Crippen LogP contribution in [0.15, 0.2) is 54.6 Å². The molecule has 0 aliphatic carbocycles. The summed E-state index contributed by atoms with van der Waals surface area (Å²) >= 11 is 0. The van der Waals surface area contributed by atoms with Crippen molar-refractivity contribution in [2.45, 2.75) is 40.0 Å². The summed E-state index contributed by atoms with van der Waals surface area (Å²) in [7, 11) is 0. The van der Waals surface area contributed by atoms with E-state index in [-0.39, 0.29) is 23.7 Å². The molecule has 4 nitrogen and oxygen atoms in total. The number of rotatable bonds is 8. The lowest BCUT2D eigenvalue weighted by molar-refractivity contribution is -0.118. The Labute approximate surface area is 162 Å². The molecule has 144 valence electrons. The smallest absolute Gasteiger partial charge is 0.253 e. The van der Waals surface area contributed by atoms with Gasteiger partial charge in [-0.25, -0.2) is 0 Å². The highest BCUT2D eigenvalue weighted by atomic mass is 16.2. The lowest BCUT2D eigenvalue weighted by Gasteiger charge is -2.23. The molecular weight excluding hydrogens is 336 g/mol. The Bertz CT molecular complexity index is 737. The molecule has 0 aromatic heterocycles. The molecule has 27 heavy (non-hydrogen) atoms. The molecule has 0 heterocycles. The molecule has 0 unspecified atom stereocenters. The number of benzene rings is 2. The normalized spacial score (nSPS) is 12.9. The monoisotopic (exact) mass is 366 g/mol. The maximum absolute atomic E-state index is 12.9. The number of carbonyl (C=O) groups excluding carboxylic acids is 2. The minimum absolute atomic E-state index is 0.0136. The van der Waals surface area contributed by atoms with Crippen LogP contribution in [-0.4, -0.2) is 29.8 Å². The molecule has 2 atom stereocenters. The number of hydrogen-bond donors (Lipinski definition) is 1. The van der Waals surface area contributed by atoms with Gasteiger partial charge >= 0.3 is 0 Å². The molecule has 2 rings (SSSR count). The van der Waals surface area contributed by atoms with E-state index in [4.69, 9.17) is 0 Å². The topological polar surface area (TPSA) is 49.4 Å². The number of carbonyl (C=O) groups is 2. The van der Waals surface area contributed by atoms with Crippen LogP contribution in [0.1, 0.15) is 56.0 Å². The van der Waals surface area contributed by atoms with Crippen LogP contribution in [0.5, 0.6) is 0 Å². The minimum atomic E-state index is -0.201. The summed E-state index contributed by atoms with van der Waals surface area (Å²) in [6.45, 7) is 9.50. The molecule has 0 saturated carbocycles. The standard InChI is InChI=1S/C23H30N2O2/c1-5-17(4)21(18-11-9-8-10-12-18)22(26)24-20-15-13-19(14-16-20)23(27)25(6-2)7-3/h8-17,21H,5-7H2,1-4H3,(H,24,26)/t17-,21-/m0/s1. The van der Waals surface area contributed by atoms with Crippen molar-refractivity contribution in [3.8, 4) is 0 Å². The molecule has 0 aliphatic heterocycles. The van der Waals surface area contributed by atoms with Crippen molar-refractivity contribution in [2.24, 2.45) is 5.92 Å². The van der Waals surface area contributed by atoms with E-state index in [1.165, 1.54) is 0 Å². The first-order valence-electron chi connectivity index (χ1n) is 9.76. The highest BCUT2D eigenvalue weighted by molar-refractivity contribution is 5.97. The molecule has 2 amide bonds. The first-order chi connectivity index (χ1) is 13.0. The fraction of sp³-hybridized carbons (Fsp3) is 0.391. The molecule has 2 aromatic rings. The fourth-order valence-electron chi connectivity index (χ4n) is 3.24. The Morgan fingerprint density at radius 1 is 0.926 bits per heavy atom. The van der Waals surface area contributed by atoms with Gasteiger partial charge in [-0.3, -0.25) is 9.59 Å². The van der Waals surface area contributed by atoms with Crippen molar-refractivity contribution in [3.63, 3.8) is 0 Å². The van der Waals surface area contributed by atoms with Crippen LogP contribution in [-0.2, 0) is 4.79 Å². The predicted octanol–water partition coefficient (Wildman–Crippen LogP) is 4.94. The highest BCUT2D eigenvalue weighted by Gasteiger charge is 2.25. The Morgan fingerprint density at radius 2 is 1.52 bits per heavy atom. The summed E-state index contributed by atoms with van der Waals surface area (Å²) in [5, 5.41) is 3.02. The number of anilines is 1. The van der Waals surface area contributed by atoms with E-state index >= 15 is 0 Å². The summed E-state index contributed by atoms with van der Waals surface area (Å²) in [6, 6.07) is 17.0. The van der Waals surface area contributed by atoms with E-state index in [2.05, 4.69) is 19.2 Å². The van der Waals surface area contributed by atoms with Gasteiger partial charge in [0, 0.05) is 24.3 Å². The second-order valence-electron chi connectivity index (χ2n) is 6.82. The molecule has 0 radical (unpaired) electrons. The van der Waals surface area contributed by atoms with Gasteiger partial charge in [-0.15, -0.1) is 0 Å². The van der Waals surface area contributed by atoms with E-state index in [9.17, 15) is 9.59 Å². The van der Waals surface area contributed by atoms with Crippen LogP contribution in [0.2, 0.25) is 0 Å². The van der Waals surface area contributed by atoms with Crippen molar-refractivity contribution in [2.75, 3.05) is 18.4 Å². The van der Waals surface area contributed by atoms with Gasteiger partial charge in [0.25, 0.3) is 5.91 Å². The first kappa shape index (κ1) is 20.7. The zero-order valence-electron chi connectivity index (χ0n) is 16.7. The van der Waals surface area contributed by atoms with Crippen LogP contribution >= 0.6 is 0 Å². The summed E-state index contributed by atoms with van der Waals surface area (Å²) < 4.78 is 0. The lowest BCUT2D eigenvalue weighted by Crippen LogP contribution is -2.30. The molecule has 2 aromatic carbocycles. The first-order valence-corrected chi connectivity index (χ1v) is 9.76. The van der Waals surface area contributed by atoms with Crippen molar-refractivity contribution in [1.29, 1.82) is 0 Å². The van der Waals surface area contributed by atoms with Crippen molar-refractivity contribution in [1.82, 2.24) is 4.90 Å². The minimum Gasteiger partial charge on any atom is -0.339 e. The second-order valence-corrected chi connectivity index (χ2v) is 6.82. The zero-order chi connectivity index (χ0) is 19.8. The van der Waals surface area contributed by atoms with Gasteiger partial charge in [-0.2, -0.15) is 0 Å². The van der Waals surface area contributed by atoms with Crippen molar-refractivity contribution >= 4 is 17.5 Å². The maximum Gasteiger partial charge on any atom is 0.253 e. The number of nitrogens with zero attached hydrogens (tertiary/aromatic N) is 1. The van der Waals surface area contributed by atoms with E-state index in [1.54, 1.807) is 29.2 Å². The molecule has 0 aliphatic rings. The largest absolute Gasteiger partial charge is 0.339 e. The van der Waals surface area contributed by atoms with Gasteiger partial charge in [0.15, 0.2) is 0 Å². The Balaban J connectivity index is 2.15. The Morgan fingerprint density at radius 3 is 2.04 bits per heavy atom. The molecule has 4 heteroatoms. The van der Waals surface area contributed by atoms with Gasteiger partial charge in [0.2, 0.25) is 5.91 Å². The third-order valence-corrected chi connectivity index (χ3v) is 5.10. The van der Waals surface area contributed by atoms with Crippen LogP contribution in [0, 0.1) is 5.92 Å². The van der Waals surface area contributed by atoms with Crippen LogP contribution in [0.4, 0.5) is 5.69 Å². The van der Waals surface area contributed by atoms with Crippen molar-refractivity contribution < 1.29 is 9.59 Å². The van der Waals surface area contributed by atoms with E-state index in [0.717, 1.165) is 12.0 Å². The summed E-state index contributed by atoms with van der Waals surface area (Å²) in [4.78, 5) is 27.1. The molecular formula is C23H30N2O2. The number of hydrogen-bond acceptors (Lipinski definition) is 2. The highest BCUT2D eigenvalue weighted by Crippen LogP contribution is 2.28. The van der Waals surface area contributed by atoms with E-state index < -0.39 is 0 Å². The molecule has 0 saturated heterocycles. The van der Waals surface area contributed by atoms with Crippen molar-refractivity contribution in [3.05, 3.63) is 65.7 Å². The average molecular weight is 367 g/mol. The van der Waals surface area contributed by atoms with Gasteiger partial charge < -0.3 is 10.2 Å². The maximum atomic E-state index is 12.9. The number of nitrogens with one attached hydrogen (secondary N) is 1.